The van der Waals surface area contributed by atoms with Crippen LogP contribution >= 0.6 is 0 Å². The lowest BCUT2D eigenvalue weighted by Crippen LogP contribution is -2.50. The molecule has 1 aromatic carbocycles. The highest BCUT2D eigenvalue weighted by molar-refractivity contribution is 7.88. The molecule has 2 aromatic rings. The lowest BCUT2D eigenvalue weighted by atomic mass is 10.1. The Labute approximate surface area is 173 Å². The van der Waals surface area contributed by atoms with E-state index in [-0.39, 0.29) is 23.8 Å². The minimum atomic E-state index is -3.37. The zero-order valence-corrected chi connectivity index (χ0v) is 17.4. The monoisotopic (exact) mass is 438 g/mol. The Kier molecular flexibility index (Phi) is 6.42. The van der Waals surface area contributed by atoms with Crippen LogP contribution in [0.5, 0.6) is 0 Å². The number of nitrogens with zero attached hydrogens (tertiary/aromatic N) is 1. The highest BCUT2D eigenvalue weighted by atomic mass is 32.2. The van der Waals surface area contributed by atoms with E-state index in [1.54, 1.807) is 6.92 Å². The molecular weight excluding hydrogens is 415 g/mol. The van der Waals surface area contributed by atoms with Crippen molar-refractivity contribution in [3.63, 3.8) is 0 Å². The van der Waals surface area contributed by atoms with E-state index >= 15 is 0 Å². The number of anilines is 2. The van der Waals surface area contributed by atoms with Crippen LogP contribution in [-0.4, -0.2) is 50.6 Å². The summed E-state index contributed by atoms with van der Waals surface area (Å²) < 4.78 is 44.6. The topological polar surface area (TPSA) is 121 Å². The molecule has 3 N–H and O–H groups in total. The lowest BCUT2D eigenvalue weighted by molar-refractivity contribution is 0.102. The van der Waals surface area contributed by atoms with Gasteiger partial charge in [0, 0.05) is 24.8 Å². The van der Waals surface area contributed by atoms with E-state index in [1.165, 1.54) is 29.4 Å². The normalized spacial score (nSPS) is 16.9. The van der Waals surface area contributed by atoms with Gasteiger partial charge in [-0.25, -0.2) is 22.3 Å². The van der Waals surface area contributed by atoms with Gasteiger partial charge in [0.15, 0.2) is 0 Å². The fourth-order valence-corrected chi connectivity index (χ4v) is 4.07. The van der Waals surface area contributed by atoms with E-state index in [4.69, 9.17) is 4.42 Å². The third kappa shape index (κ3) is 5.57. The van der Waals surface area contributed by atoms with E-state index in [0.29, 0.717) is 30.8 Å². The second-order valence-electron chi connectivity index (χ2n) is 7.14. The third-order valence-electron chi connectivity index (χ3n) is 4.66. The summed E-state index contributed by atoms with van der Waals surface area (Å²) in [5.41, 5.74) is 0.481. The molecule has 0 aliphatic carbocycles. The number of furan rings is 1. The third-order valence-corrected chi connectivity index (χ3v) is 5.42. The van der Waals surface area contributed by atoms with Gasteiger partial charge < -0.3 is 20.0 Å². The van der Waals surface area contributed by atoms with Gasteiger partial charge >= 0.3 is 6.03 Å². The minimum Gasteiger partial charge on any atom is -0.469 e. The fourth-order valence-electron chi connectivity index (χ4n) is 3.27. The number of aryl methyl sites for hydroxylation is 1. The first-order valence-corrected chi connectivity index (χ1v) is 11.2. The van der Waals surface area contributed by atoms with Crippen molar-refractivity contribution in [2.75, 3.05) is 30.0 Å². The van der Waals surface area contributed by atoms with Crippen LogP contribution in [0.25, 0.3) is 0 Å². The maximum absolute atomic E-state index is 14.1. The Morgan fingerprint density at radius 2 is 2.00 bits per heavy atom. The van der Waals surface area contributed by atoms with Gasteiger partial charge in [-0.1, -0.05) is 0 Å². The first kappa shape index (κ1) is 21.8. The van der Waals surface area contributed by atoms with Crippen LogP contribution < -0.4 is 15.4 Å². The maximum Gasteiger partial charge on any atom is 0.321 e. The van der Waals surface area contributed by atoms with Gasteiger partial charge in [0.1, 0.15) is 11.6 Å². The van der Waals surface area contributed by atoms with E-state index in [2.05, 4.69) is 15.4 Å². The fraction of sp³-hybridized carbons (Fsp3) is 0.368. The Balaban J connectivity index is 1.66. The van der Waals surface area contributed by atoms with Gasteiger partial charge in [-0.2, -0.15) is 0 Å². The highest BCUT2D eigenvalue weighted by Crippen LogP contribution is 2.22. The molecule has 0 saturated carbocycles. The minimum absolute atomic E-state index is 0.0892. The second kappa shape index (κ2) is 8.84. The molecule has 11 heteroatoms. The standard InChI is InChI=1S/C19H23FN4O5S/c1-12-15(7-9-29-12)18(25)22-17-10-13(5-6-16(17)20)21-19(26)24-8-3-4-14(11-24)23-30(2,27)28/h5-7,9-10,14,23H,3-4,8,11H2,1-2H3,(H,21,26)(H,22,25)/t14-/m1/s1. The van der Waals surface area contributed by atoms with Crippen LogP contribution in [0, 0.1) is 12.7 Å². The molecule has 1 saturated heterocycles. The average molecular weight is 438 g/mol. The number of hydrogen-bond acceptors (Lipinski definition) is 5. The summed E-state index contributed by atoms with van der Waals surface area (Å²) in [6.07, 6.45) is 3.72. The van der Waals surface area contributed by atoms with Crippen LogP contribution in [0.3, 0.4) is 0 Å². The number of nitrogens with one attached hydrogen (secondary N) is 3. The van der Waals surface area contributed by atoms with Crippen molar-refractivity contribution >= 4 is 33.3 Å². The molecule has 30 heavy (non-hydrogen) atoms. The molecule has 1 aliphatic rings. The average Bonchev–Trinajstić information content (AvgIpc) is 3.09. The number of rotatable bonds is 5. The van der Waals surface area contributed by atoms with Gasteiger partial charge in [-0.15, -0.1) is 0 Å². The molecule has 0 unspecified atom stereocenters. The molecule has 0 spiro atoms. The molecule has 162 valence electrons. The smallest absolute Gasteiger partial charge is 0.321 e. The zero-order chi connectivity index (χ0) is 21.9. The number of likely N-dealkylation sites (tertiary alicyclic amines) is 1. The number of carbonyl (C=O) groups excluding carboxylic acids is 2. The lowest BCUT2D eigenvalue weighted by Gasteiger charge is -2.32. The molecule has 1 atom stereocenters. The largest absolute Gasteiger partial charge is 0.469 e. The van der Waals surface area contributed by atoms with E-state index in [1.807, 2.05) is 0 Å². The van der Waals surface area contributed by atoms with Crippen molar-refractivity contribution in [2.24, 2.45) is 0 Å². The van der Waals surface area contributed by atoms with Gasteiger partial charge in [0.25, 0.3) is 5.91 Å². The summed E-state index contributed by atoms with van der Waals surface area (Å²) in [5.74, 6) is -0.785. The van der Waals surface area contributed by atoms with E-state index < -0.39 is 27.8 Å². The van der Waals surface area contributed by atoms with Crippen molar-refractivity contribution in [1.82, 2.24) is 9.62 Å². The number of halogens is 1. The Morgan fingerprint density at radius 3 is 2.67 bits per heavy atom. The van der Waals surface area contributed by atoms with Gasteiger partial charge in [0.05, 0.1) is 23.8 Å². The summed E-state index contributed by atoms with van der Waals surface area (Å²) in [6.45, 7) is 2.31. The molecule has 1 aromatic heterocycles. The predicted molar refractivity (Wildman–Crippen MR) is 109 cm³/mol. The quantitative estimate of drug-likeness (QED) is 0.662. The number of carbonyl (C=O) groups is 2. The van der Waals surface area contributed by atoms with Crippen LogP contribution in [0.1, 0.15) is 29.0 Å². The predicted octanol–water partition coefficient (Wildman–Crippen LogP) is 2.52. The van der Waals surface area contributed by atoms with Crippen molar-refractivity contribution in [2.45, 2.75) is 25.8 Å². The van der Waals surface area contributed by atoms with Crippen molar-refractivity contribution < 1.29 is 26.8 Å². The van der Waals surface area contributed by atoms with Crippen LogP contribution in [0.15, 0.2) is 34.9 Å². The molecule has 9 nitrogen and oxygen atoms in total. The molecule has 2 heterocycles. The maximum atomic E-state index is 14.1. The zero-order valence-electron chi connectivity index (χ0n) is 16.6. The van der Waals surface area contributed by atoms with Crippen molar-refractivity contribution in [1.29, 1.82) is 0 Å². The Bertz CT molecular complexity index is 1050. The summed E-state index contributed by atoms with van der Waals surface area (Å²) >= 11 is 0. The molecule has 3 rings (SSSR count). The second-order valence-corrected chi connectivity index (χ2v) is 8.92. The number of hydrogen-bond donors (Lipinski definition) is 3. The molecule has 0 radical (unpaired) electrons. The molecule has 3 amide bonds. The number of sulfonamides is 1. The van der Waals surface area contributed by atoms with Crippen LogP contribution in [0.4, 0.5) is 20.6 Å². The number of urea groups is 1. The van der Waals surface area contributed by atoms with Crippen LogP contribution in [-0.2, 0) is 10.0 Å². The number of amides is 3. The highest BCUT2D eigenvalue weighted by Gasteiger charge is 2.25. The van der Waals surface area contributed by atoms with Crippen molar-refractivity contribution in [3.05, 3.63) is 47.7 Å². The summed E-state index contributed by atoms with van der Waals surface area (Å²) in [7, 11) is -3.37. The molecule has 0 bridgehead atoms. The number of benzene rings is 1. The van der Waals surface area contributed by atoms with E-state index in [9.17, 15) is 22.4 Å². The summed E-state index contributed by atoms with van der Waals surface area (Å²) in [4.78, 5) is 26.4. The molecular formula is C19H23FN4O5S. The first-order chi connectivity index (χ1) is 14.1. The molecule has 1 fully saturated rings. The summed E-state index contributed by atoms with van der Waals surface area (Å²) in [5, 5.41) is 5.12. The Hall–Kier alpha value is -2.92. The first-order valence-electron chi connectivity index (χ1n) is 9.30. The SMILES string of the molecule is Cc1occc1C(=O)Nc1cc(NC(=O)N2CCC[C@@H](NS(C)(=O)=O)C2)ccc1F. The van der Waals surface area contributed by atoms with Gasteiger partial charge in [-0.3, -0.25) is 4.79 Å². The van der Waals surface area contributed by atoms with E-state index in [0.717, 1.165) is 12.3 Å². The van der Waals surface area contributed by atoms with Crippen LogP contribution in [0.2, 0.25) is 0 Å². The van der Waals surface area contributed by atoms with Gasteiger partial charge in [0.2, 0.25) is 10.0 Å². The van der Waals surface area contributed by atoms with Crippen molar-refractivity contribution in [3.8, 4) is 0 Å². The number of piperidine rings is 1. The summed E-state index contributed by atoms with van der Waals surface area (Å²) in [6, 6.07) is 4.51. The van der Waals surface area contributed by atoms with Gasteiger partial charge in [-0.05, 0) is 44.0 Å². The Morgan fingerprint density at radius 1 is 1.23 bits per heavy atom. The molecule has 1 aliphatic heterocycles.